The van der Waals surface area contributed by atoms with Gasteiger partial charge in [0.25, 0.3) is 0 Å². The molecule has 27 heavy (non-hydrogen) atoms. The van der Waals surface area contributed by atoms with Gasteiger partial charge in [0.2, 0.25) is 9.84 Å². The lowest BCUT2D eigenvalue weighted by Crippen LogP contribution is -2.50. The van der Waals surface area contributed by atoms with Gasteiger partial charge in [0.1, 0.15) is 11.0 Å². The Morgan fingerprint density at radius 2 is 1.74 bits per heavy atom. The van der Waals surface area contributed by atoms with Gasteiger partial charge in [-0.05, 0) is 53.7 Å². The highest BCUT2D eigenvalue weighted by atomic mass is 32.2. The summed E-state index contributed by atoms with van der Waals surface area (Å²) < 4.78 is 37.0. The van der Waals surface area contributed by atoms with Crippen molar-refractivity contribution in [3.8, 4) is 0 Å². The largest absolute Gasteiger partial charge is 0.465 e. The van der Waals surface area contributed by atoms with Crippen LogP contribution in [0.25, 0.3) is 0 Å². The fourth-order valence-electron chi connectivity index (χ4n) is 3.01. The summed E-state index contributed by atoms with van der Waals surface area (Å²) >= 11 is 0. The van der Waals surface area contributed by atoms with Crippen LogP contribution in [-0.2, 0) is 24.1 Å². The number of esters is 1. The Morgan fingerprint density at radius 3 is 2.22 bits per heavy atom. The zero-order valence-electron chi connectivity index (χ0n) is 16.6. The topological polar surface area (TPSA) is 98.8 Å². The second-order valence-corrected chi connectivity index (χ2v) is 10.2. The van der Waals surface area contributed by atoms with Crippen LogP contribution < -0.4 is 5.32 Å². The number of rotatable bonds is 5. The van der Waals surface area contributed by atoms with Gasteiger partial charge >= 0.3 is 12.1 Å². The first-order chi connectivity index (χ1) is 12.3. The van der Waals surface area contributed by atoms with Gasteiger partial charge in [-0.2, -0.15) is 0 Å². The predicted octanol–water partition coefficient (Wildman–Crippen LogP) is 2.96. The van der Waals surface area contributed by atoms with Crippen molar-refractivity contribution in [3.05, 3.63) is 29.8 Å². The molecule has 1 aliphatic carbocycles. The molecule has 0 spiro atoms. The molecule has 8 heteroatoms. The monoisotopic (exact) mass is 397 g/mol. The number of sulfone groups is 1. The lowest BCUT2D eigenvalue weighted by Gasteiger charge is -2.26. The molecule has 0 radical (unpaired) electrons. The number of hydrogen-bond donors (Lipinski definition) is 1. The van der Waals surface area contributed by atoms with Gasteiger partial charge in [0, 0.05) is 6.42 Å². The summed E-state index contributed by atoms with van der Waals surface area (Å²) in [5.74, 6) is -0.670. The van der Waals surface area contributed by atoms with Crippen molar-refractivity contribution in [1.29, 1.82) is 0 Å². The number of amides is 1. The number of carbonyl (C=O) groups excluding carboxylic acids is 2. The maximum absolute atomic E-state index is 13.4. The van der Waals surface area contributed by atoms with Crippen molar-refractivity contribution >= 4 is 21.9 Å². The smallest absolute Gasteiger partial charge is 0.408 e. The van der Waals surface area contributed by atoms with Crippen LogP contribution in [0.5, 0.6) is 0 Å². The highest BCUT2D eigenvalue weighted by Gasteiger charge is 2.78. The molecule has 150 valence electrons. The number of benzene rings is 1. The minimum absolute atomic E-state index is 0.0252. The average Bonchev–Trinajstić information content (AvgIpc) is 3.14. The van der Waals surface area contributed by atoms with Crippen LogP contribution in [0.1, 0.15) is 46.6 Å². The minimum atomic E-state index is -4.08. The molecular formula is C19H27NO6S. The van der Waals surface area contributed by atoms with Gasteiger partial charge < -0.3 is 14.8 Å². The third kappa shape index (κ3) is 3.81. The highest BCUT2D eigenvalue weighted by Crippen LogP contribution is 2.61. The number of hydrogen-bond acceptors (Lipinski definition) is 6. The summed E-state index contributed by atoms with van der Waals surface area (Å²) in [5.41, 5.74) is -1.32. The Morgan fingerprint density at radius 1 is 1.19 bits per heavy atom. The summed E-state index contributed by atoms with van der Waals surface area (Å²) in [7, 11) is -4.08. The van der Waals surface area contributed by atoms with Crippen molar-refractivity contribution in [2.24, 2.45) is 5.41 Å². The van der Waals surface area contributed by atoms with Crippen molar-refractivity contribution in [1.82, 2.24) is 5.32 Å². The van der Waals surface area contributed by atoms with E-state index in [0.717, 1.165) is 5.56 Å². The second kappa shape index (κ2) is 6.82. The summed E-state index contributed by atoms with van der Waals surface area (Å²) in [6.07, 6.45) is -0.986. The normalized spacial score (nSPS) is 24.8. The zero-order chi connectivity index (χ0) is 20.7. The van der Waals surface area contributed by atoms with Gasteiger partial charge in [-0.25, -0.2) is 13.2 Å². The molecule has 1 fully saturated rings. The van der Waals surface area contributed by atoms with Crippen LogP contribution in [0.15, 0.2) is 29.2 Å². The molecule has 7 nitrogen and oxygen atoms in total. The van der Waals surface area contributed by atoms with E-state index in [1.807, 2.05) is 6.92 Å². The molecule has 2 rings (SSSR count). The number of nitrogens with one attached hydrogen (secondary N) is 1. The van der Waals surface area contributed by atoms with E-state index in [-0.39, 0.29) is 17.9 Å². The third-order valence-electron chi connectivity index (χ3n) is 4.59. The maximum atomic E-state index is 13.4. The van der Waals surface area contributed by atoms with E-state index in [1.54, 1.807) is 39.8 Å². The lowest BCUT2D eigenvalue weighted by molar-refractivity contribution is -0.149. The lowest BCUT2D eigenvalue weighted by atomic mass is 10.1. The second-order valence-electron chi connectivity index (χ2n) is 8.00. The van der Waals surface area contributed by atoms with Crippen LogP contribution in [-0.4, -0.2) is 37.6 Å². The molecule has 1 N–H and O–H groups in total. The van der Waals surface area contributed by atoms with Crippen LogP contribution in [0.2, 0.25) is 0 Å². The van der Waals surface area contributed by atoms with Crippen molar-refractivity contribution in [3.63, 3.8) is 0 Å². The Labute approximate surface area is 160 Å². The Bertz CT molecular complexity index is 840. The molecule has 2 atom stereocenters. The fourth-order valence-corrected chi connectivity index (χ4v) is 5.28. The summed E-state index contributed by atoms with van der Waals surface area (Å²) in [6, 6.07) is 6.26. The van der Waals surface area contributed by atoms with Crippen LogP contribution in [0.3, 0.4) is 0 Å². The molecule has 1 amide bonds. The van der Waals surface area contributed by atoms with Crippen LogP contribution in [0.4, 0.5) is 4.79 Å². The molecule has 0 heterocycles. The number of alkyl carbamates (subject to hydrolysis) is 1. The van der Waals surface area contributed by atoms with Crippen molar-refractivity contribution < 1.29 is 27.5 Å². The molecular weight excluding hydrogens is 370 g/mol. The summed E-state index contributed by atoms with van der Waals surface area (Å²) in [6.45, 7) is 10.1. The van der Waals surface area contributed by atoms with Crippen molar-refractivity contribution in [2.45, 2.75) is 63.3 Å². The Balaban J connectivity index is 2.47. The van der Waals surface area contributed by atoms with E-state index in [0.29, 0.717) is 0 Å². The number of aryl methyl sites for hydroxylation is 1. The molecule has 0 aromatic heterocycles. The van der Waals surface area contributed by atoms with Gasteiger partial charge in [0.05, 0.1) is 11.5 Å². The Kier molecular flexibility index (Phi) is 5.35. The predicted molar refractivity (Wildman–Crippen MR) is 99.8 cm³/mol. The number of ether oxygens (including phenoxy) is 2. The summed E-state index contributed by atoms with van der Waals surface area (Å²) in [5, 5.41) is 2.46. The quantitative estimate of drug-likeness (QED) is 0.767. The average molecular weight is 397 g/mol. The maximum Gasteiger partial charge on any atom is 0.408 e. The molecule has 1 aromatic carbocycles. The van der Waals surface area contributed by atoms with E-state index in [1.165, 1.54) is 19.1 Å². The first-order valence-electron chi connectivity index (χ1n) is 8.79. The third-order valence-corrected chi connectivity index (χ3v) is 7.09. The molecule has 1 aromatic rings. The molecule has 0 saturated heterocycles. The van der Waals surface area contributed by atoms with E-state index in [9.17, 15) is 18.0 Å². The van der Waals surface area contributed by atoms with Crippen LogP contribution in [0, 0.1) is 12.3 Å². The highest BCUT2D eigenvalue weighted by molar-refractivity contribution is 7.93. The van der Waals surface area contributed by atoms with Gasteiger partial charge in [-0.15, -0.1) is 0 Å². The van der Waals surface area contributed by atoms with E-state index < -0.39 is 37.8 Å². The molecule has 1 aliphatic rings. The first kappa shape index (κ1) is 21.2. The standard InChI is InChI=1S/C19H27NO6S/c1-7-25-15(21)18(6)12-19(18,20-16(22)26-17(3,4)5)27(23,24)14-10-8-13(2)9-11-14/h8-11H,7,12H2,1-6H3,(H,20,22)/t18-,19-/m0/s1. The Hall–Kier alpha value is -2.09. The molecule has 0 bridgehead atoms. The number of carbonyl (C=O) groups is 2. The zero-order valence-corrected chi connectivity index (χ0v) is 17.4. The van der Waals surface area contributed by atoms with E-state index >= 15 is 0 Å². The first-order valence-corrected chi connectivity index (χ1v) is 10.3. The van der Waals surface area contributed by atoms with Crippen molar-refractivity contribution in [2.75, 3.05) is 6.61 Å². The SMILES string of the molecule is CCOC(=O)[C@]1(C)C[C@]1(NC(=O)OC(C)(C)C)S(=O)(=O)c1ccc(C)cc1. The van der Waals surface area contributed by atoms with Gasteiger partial charge in [-0.1, -0.05) is 17.7 Å². The minimum Gasteiger partial charge on any atom is -0.465 e. The summed E-state index contributed by atoms with van der Waals surface area (Å²) in [4.78, 5) is 23.0. The van der Waals surface area contributed by atoms with Crippen LogP contribution >= 0.6 is 0 Å². The van der Waals surface area contributed by atoms with Gasteiger partial charge in [0.15, 0.2) is 4.87 Å². The molecule has 0 unspecified atom stereocenters. The van der Waals surface area contributed by atoms with E-state index in [2.05, 4.69) is 5.32 Å². The fraction of sp³-hybridized carbons (Fsp3) is 0.579. The van der Waals surface area contributed by atoms with E-state index in [4.69, 9.17) is 9.47 Å². The molecule has 0 aliphatic heterocycles. The van der Waals surface area contributed by atoms with Gasteiger partial charge in [-0.3, -0.25) is 4.79 Å². The molecule has 1 saturated carbocycles.